The van der Waals surface area contributed by atoms with E-state index in [0.29, 0.717) is 13.0 Å². The van der Waals surface area contributed by atoms with Crippen molar-refractivity contribution < 1.29 is 14.3 Å². The lowest BCUT2D eigenvalue weighted by atomic mass is 10.1. The minimum Gasteiger partial charge on any atom is -0.469 e. The highest BCUT2D eigenvalue weighted by molar-refractivity contribution is 6.31. The molecule has 0 aliphatic carbocycles. The summed E-state index contributed by atoms with van der Waals surface area (Å²) in [5, 5.41) is 0.776. The zero-order valence-electron chi connectivity index (χ0n) is 11.0. The third-order valence-electron chi connectivity index (χ3n) is 3.20. The maximum Gasteiger partial charge on any atom is 0.308 e. The lowest BCUT2D eigenvalue weighted by molar-refractivity contribution is -0.145. The summed E-state index contributed by atoms with van der Waals surface area (Å²) in [6.45, 7) is 2.98. The van der Waals surface area contributed by atoms with Crippen LogP contribution < -0.4 is 0 Å². The highest BCUT2D eigenvalue weighted by atomic mass is 35.5. The van der Waals surface area contributed by atoms with Crippen molar-refractivity contribution in [3.05, 3.63) is 34.9 Å². The topological polar surface area (TPSA) is 38.8 Å². The standard InChI is InChI=1S/C14H18ClNO3/c1-18-14(17)8-12-10-16(6-7-19-12)9-11-4-2-3-5-13(11)15/h2-5,12H,6-10H2,1H3. The maximum atomic E-state index is 11.3. The van der Waals surface area contributed by atoms with Gasteiger partial charge in [0.1, 0.15) is 0 Å². The quantitative estimate of drug-likeness (QED) is 0.794. The molecule has 19 heavy (non-hydrogen) atoms. The van der Waals surface area contributed by atoms with E-state index in [0.717, 1.165) is 30.2 Å². The van der Waals surface area contributed by atoms with Gasteiger partial charge in [0, 0.05) is 24.7 Å². The van der Waals surface area contributed by atoms with Crippen molar-refractivity contribution in [2.45, 2.75) is 19.1 Å². The third kappa shape index (κ3) is 4.20. The summed E-state index contributed by atoms with van der Waals surface area (Å²) >= 11 is 6.15. The molecule has 0 radical (unpaired) electrons. The van der Waals surface area contributed by atoms with Gasteiger partial charge in [0.05, 0.1) is 26.2 Å². The molecule has 1 aromatic carbocycles. The van der Waals surface area contributed by atoms with E-state index in [2.05, 4.69) is 9.64 Å². The van der Waals surface area contributed by atoms with Crippen LogP contribution in [0.25, 0.3) is 0 Å². The molecule has 1 saturated heterocycles. The SMILES string of the molecule is COC(=O)CC1CN(Cc2ccccc2Cl)CCO1. The van der Waals surface area contributed by atoms with Crippen molar-refractivity contribution in [1.29, 1.82) is 0 Å². The Bertz CT molecular complexity index is 438. The first-order chi connectivity index (χ1) is 9.19. The van der Waals surface area contributed by atoms with Gasteiger partial charge in [0.25, 0.3) is 0 Å². The summed E-state index contributed by atoms with van der Waals surface area (Å²) in [5.41, 5.74) is 1.10. The molecule has 1 aliphatic rings. The van der Waals surface area contributed by atoms with Crippen molar-refractivity contribution in [3.63, 3.8) is 0 Å². The number of hydrogen-bond donors (Lipinski definition) is 0. The van der Waals surface area contributed by atoms with E-state index in [1.807, 2.05) is 24.3 Å². The molecule has 1 aromatic rings. The number of halogens is 1. The Morgan fingerprint density at radius 2 is 2.32 bits per heavy atom. The van der Waals surface area contributed by atoms with E-state index >= 15 is 0 Å². The number of rotatable bonds is 4. The first-order valence-corrected chi connectivity index (χ1v) is 6.71. The van der Waals surface area contributed by atoms with Crippen molar-refractivity contribution in [1.82, 2.24) is 4.90 Å². The van der Waals surface area contributed by atoms with Crippen LogP contribution in [0, 0.1) is 0 Å². The predicted octanol–water partition coefficient (Wildman–Crippen LogP) is 2.10. The molecule has 1 heterocycles. The highest BCUT2D eigenvalue weighted by Crippen LogP contribution is 2.19. The molecule has 0 saturated carbocycles. The minimum atomic E-state index is -0.232. The first-order valence-electron chi connectivity index (χ1n) is 6.33. The molecule has 0 N–H and O–H groups in total. The number of benzene rings is 1. The van der Waals surface area contributed by atoms with Gasteiger partial charge in [-0.1, -0.05) is 29.8 Å². The van der Waals surface area contributed by atoms with Crippen LogP contribution in [0.4, 0.5) is 0 Å². The lowest BCUT2D eigenvalue weighted by Crippen LogP contribution is -2.42. The number of hydrogen-bond acceptors (Lipinski definition) is 4. The molecule has 2 rings (SSSR count). The van der Waals surface area contributed by atoms with Gasteiger partial charge in [0.2, 0.25) is 0 Å². The van der Waals surface area contributed by atoms with Gasteiger partial charge in [-0.25, -0.2) is 0 Å². The summed E-state index contributed by atoms with van der Waals surface area (Å²) in [6, 6.07) is 7.81. The van der Waals surface area contributed by atoms with Crippen LogP contribution in [-0.2, 0) is 20.8 Å². The smallest absolute Gasteiger partial charge is 0.308 e. The molecule has 0 amide bonds. The van der Waals surface area contributed by atoms with Crippen LogP contribution in [0.3, 0.4) is 0 Å². The van der Waals surface area contributed by atoms with Crippen LogP contribution in [0.5, 0.6) is 0 Å². The number of carbonyl (C=O) groups excluding carboxylic acids is 1. The Morgan fingerprint density at radius 1 is 1.53 bits per heavy atom. The van der Waals surface area contributed by atoms with Crippen LogP contribution >= 0.6 is 11.6 Å². The van der Waals surface area contributed by atoms with Crippen LogP contribution in [0.1, 0.15) is 12.0 Å². The van der Waals surface area contributed by atoms with Crippen LogP contribution in [0.15, 0.2) is 24.3 Å². The third-order valence-corrected chi connectivity index (χ3v) is 3.57. The predicted molar refractivity (Wildman–Crippen MR) is 73.1 cm³/mol. The van der Waals surface area contributed by atoms with E-state index in [1.54, 1.807) is 0 Å². The van der Waals surface area contributed by atoms with Crippen LogP contribution in [0.2, 0.25) is 5.02 Å². The number of methoxy groups -OCH3 is 1. The fraction of sp³-hybridized carbons (Fsp3) is 0.500. The van der Waals surface area contributed by atoms with Gasteiger partial charge in [-0.15, -0.1) is 0 Å². The molecule has 1 fully saturated rings. The Hall–Kier alpha value is -1.10. The van der Waals surface area contributed by atoms with Gasteiger partial charge in [-0.05, 0) is 11.6 Å². The van der Waals surface area contributed by atoms with E-state index in [9.17, 15) is 4.79 Å². The molecule has 104 valence electrons. The molecule has 1 unspecified atom stereocenters. The second-order valence-electron chi connectivity index (χ2n) is 4.60. The maximum absolute atomic E-state index is 11.3. The highest BCUT2D eigenvalue weighted by Gasteiger charge is 2.23. The second kappa shape index (κ2) is 6.89. The normalized spacial score (nSPS) is 20.2. The Balaban J connectivity index is 1.91. The van der Waals surface area contributed by atoms with E-state index in [4.69, 9.17) is 16.3 Å². The molecular formula is C14H18ClNO3. The molecule has 0 aromatic heterocycles. The monoisotopic (exact) mass is 283 g/mol. The molecule has 0 bridgehead atoms. The lowest BCUT2D eigenvalue weighted by Gasteiger charge is -2.32. The summed E-state index contributed by atoms with van der Waals surface area (Å²) < 4.78 is 10.2. The van der Waals surface area contributed by atoms with Crippen molar-refractivity contribution >= 4 is 17.6 Å². The zero-order chi connectivity index (χ0) is 13.7. The second-order valence-corrected chi connectivity index (χ2v) is 5.01. The number of carbonyl (C=O) groups is 1. The van der Waals surface area contributed by atoms with E-state index in [-0.39, 0.29) is 12.1 Å². The number of nitrogens with zero attached hydrogens (tertiary/aromatic N) is 1. The first kappa shape index (κ1) is 14.3. The zero-order valence-corrected chi connectivity index (χ0v) is 11.7. The van der Waals surface area contributed by atoms with Gasteiger partial charge >= 0.3 is 5.97 Å². The van der Waals surface area contributed by atoms with Gasteiger partial charge in [-0.3, -0.25) is 9.69 Å². The average Bonchev–Trinajstić information content (AvgIpc) is 2.42. The van der Waals surface area contributed by atoms with Gasteiger partial charge in [0.15, 0.2) is 0 Å². The molecule has 4 nitrogen and oxygen atoms in total. The van der Waals surface area contributed by atoms with E-state index < -0.39 is 0 Å². The summed E-state index contributed by atoms with van der Waals surface area (Å²) in [7, 11) is 1.40. The summed E-state index contributed by atoms with van der Waals surface area (Å²) in [4.78, 5) is 13.5. The van der Waals surface area contributed by atoms with Crippen molar-refractivity contribution in [3.8, 4) is 0 Å². The van der Waals surface area contributed by atoms with Gasteiger partial charge < -0.3 is 9.47 Å². The largest absolute Gasteiger partial charge is 0.469 e. The molecule has 0 spiro atoms. The fourth-order valence-electron chi connectivity index (χ4n) is 2.18. The number of esters is 1. The minimum absolute atomic E-state index is 0.0938. The fourth-order valence-corrected chi connectivity index (χ4v) is 2.38. The van der Waals surface area contributed by atoms with Crippen molar-refractivity contribution in [2.75, 3.05) is 26.8 Å². The summed E-state index contributed by atoms with van der Waals surface area (Å²) in [6.07, 6.45) is 0.207. The number of ether oxygens (including phenoxy) is 2. The van der Waals surface area contributed by atoms with Crippen LogP contribution in [-0.4, -0.2) is 43.8 Å². The number of morpholine rings is 1. The molecular weight excluding hydrogens is 266 g/mol. The van der Waals surface area contributed by atoms with Crippen molar-refractivity contribution in [2.24, 2.45) is 0 Å². The summed E-state index contributed by atoms with van der Waals surface area (Å²) in [5.74, 6) is -0.232. The molecule has 1 atom stereocenters. The molecule has 1 aliphatic heterocycles. The Labute approximate surface area is 118 Å². The Morgan fingerprint density at radius 3 is 3.05 bits per heavy atom. The Kier molecular flexibility index (Phi) is 5.19. The van der Waals surface area contributed by atoms with E-state index in [1.165, 1.54) is 7.11 Å². The van der Waals surface area contributed by atoms with Gasteiger partial charge in [-0.2, -0.15) is 0 Å². The molecule has 5 heteroatoms. The average molecular weight is 284 g/mol.